The predicted molar refractivity (Wildman–Crippen MR) is 105 cm³/mol. The molecule has 1 atom stereocenters. The molecule has 0 saturated carbocycles. The number of hydrogen-bond acceptors (Lipinski definition) is 4. The molecule has 2 aliphatic heterocycles. The molecule has 2 saturated heterocycles. The zero-order chi connectivity index (χ0) is 19.5. The fourth-order valence-electron chi connectivity index (χ4n) is 3.84. The predicted octanol–water partition coefficient (Wildman–Crippen LogP) is 2.28. The average Bonchev–Trinajstić information content (AvgIpc) is 3.05. The van der Waals surface area contributed by atoms with Crippen molar-refractivity contribution >= 4 is 11.8 Å². The van der Waals surface area contributed by atoms with Gasteiger partial charge in [-0.05, 0) is 29.7 Å². The standard InChI is InChI=1S/C22H25N3O3/c1-2-17-7-3-4-8-20(17)28-19-14-25(15-19)22(27)18-10-21(26)24(13-18)12-16-6-5-9-23-11-16/h3-9,11,18-19H,2,10,12-15H2,1H3/t18-/m0/s1. The van der Waals surface area contributed by atoms with E-state index in [9.17, 15) is 9.59 Å². The zero-order valence-corrected chi connectivity index (χ0v) is 16.1. The van der Waals surface area contributed by atoms with Crippen LogP contribution >= 0.6 is 0 Å². The molecule has 2 amide bonds. The molecule has 28 heavy (non-hydrogen) atoms. The third kappa shape index (κ3) is 3.86. The van der Waals surface area contributed by atoms with Crippen LogP contribution in [0.2, 0.25) is 0 Å². The van der Waals surface area contributed by atoms with Gasteiger partial charge in [0.15, 0.2) is 0 Å². The summed E-state index contributed by atoms with van der Waals surface area (Å²) in [6, 6.07) is 11.8. The maximum atomic E-state index is 12.8. The Morgan fingerprint density at radius 3 is 2.75 bits per heavy atom. The number of carbonyl (C=O) groups excluding carboxylic acids is 2. The van der Waals surface area contributed by atoms with Gasteiger partial charge in [0, 0.05) is 31.9 Å². The number of benzene rings is 1. The summed E-state index contributed by atoms with van der Waals surface area (Å²) in [4.78, 5) is 32.7. The van der Waals surface area contributed by atoms with Crippen molar-refractivity contribution in [3.8, 4) is 5.75 Å². The van der Waals surface area contributed by atoms with E-state index in [4.69, 9.17) is 4.74 Å². The first-order valence-electron chi connectivity index (χ1n) is 9.84. The Hall–Kier alpha value is -2.89. The van der Waals surface area contributed by atoms with Gasteiger partial charge in [0.25, 0.3) is 0 Å². The van der Waals surface area contributed by atoms with Gasteiger partial charge in [0.2, 0.25) is 11.8 Å². The van der Waals surface area contributed by atoms with E-state index in [1.165, 1.54) is 5.56 Å². The van der Waals surface area contributed by atoms with E-state index in [0.717, 1.165) is 17.7 Å². The second kappa shape index (κ2) is 8.00. The first kappa shape index (κ1) is 18.5. The lowest BCUT2D eigenvalue weighted by Gasteiger charge is -2.40. The van der Waals surface area contributed by atoms with E-state index in [2.05, 4.69) is 18.0 Å². The second-order valence-corrected chi connectivity index (χ2v) is 7.48. The molecule has 0 N–H and O–H groups in total. The summed E-state index contributed by atoms with van der Waals surface area (Å²) in [5, 5.41) is 0. The second-order valence-electron chi connectivity index (χ2n) is 7.48. The van der Waals surface area contributed by atoms with Gasteiger partial charge in [0.1, 0.15) is 11.9 Å². The van der Waals surface area contributed by atoms with Crippen LogP contribution in [0.15, 0.2) is 48.8 Å². The van der Waals surface area contributed by atoms with Gasteiger partial charge in [-0.2, -0.15) is 0 Å². The van der Waals surface area contributed by atoms with Crippen molar-refractivity contribution in [3.05, 3.63) is 59.9 Å². The van der Waals surface area contributed by atoms with Crippen LogP contribution in [0.25, 0.3) is 0 Å². The number of hydrogen-bond donors (Lipinski definition) is 0. The largest absolute Gasteiger partial charge is 0.486 e. The summed E-state index contributed by atoms with van der Waals surface area (Å²) < 4.78 is 6.06. The number of aryl methyl sites for hydroxylation is 1. The fourth-order valence-corrected chi connectivity index (χ4v) is 3.84. The van der Waals surface area contributed by atoms with Crippen molar-refractivity contribution in [2.45, 2.75) is 32.4 Å². The molecule has 2 aromatic rings. The van der Waals surface area contributed by atoms with Crippen molar-refractivity contribution in [3.63, 3.8) is 0 Å². The van der Waals surface area contributed by atoms with E-state index >= 15 is 0 Å². The molecule has 3 heterocycles. The third-order valence-corrected chi connectivity index (χ3v) is 5.47. The molecule has 0 unspecified atom stereocenters. The molecule has 0 radical (unpaired) electrons. The number of pyridine rings is 1. The molecule has 6 nitrogen and oxygen atoms in total. The van der Waals surface area contributed by atoms with Crippen LogP contribution in [0, 0.1) is 5.92 Å². The summed E-state index contributed by atoms with van der Waals surface area (Å²) in [6.07, 6.45) is 4.71. The van der Waals surface area contributed by atoms with Crippen LogP contribution in [0.5, 0.6) is 5.75 Å². The summed E-state index contributed by atoms with van der Waals surface area (Å²) in [5.41, 5.74) is 2.16. The molecule has 2 fully saturated rings. The average molecular weight is 379 g/mol. The monoisotopic (exact) mass is 379 g/mol. The van der Waals surface area contributed by atoms with Crippen LogP contribution in [0.4, 0.5) is 0 Å². The maximum Gasteiger partial charge on any atom is 0.228 e. The van der Waals surface area contributed by atoms with Crippen molar-refractivity contribution in [1.82, 2.24) is 14.8 Å². The lowest BCUT2D eigenvalue weighted by Crippen LogP contribution is -2.57. The minimum atomic E-state index is -0.256. The number of ether oxygens (including phenoxy) is 1. The number of amides is 2. The van der Waals surface area contributed by atoms with Gasteiger partial charge in [-0.25, -0.2) is 0 Å². The van der Waals surface area contributed by atoms with Gasteiger partial charge < -0.3 is 14.5 Å². The number of nitrogens with zero attached hydrogens (tertiary/aromatic N) is 3. The SMILES string of the molecule is CCc1ccccc1OC1CN(C(=O)[C@H]2CC(=O)N(Cc3cccnc3)C2)C1. The van der Waals surface area contributed by atoms with Crippen molar-refractivity contribution in [1.29, 1.82) is 0 Å². The third-order valence-electron chi connectivity index (χ3n) is 5.47. The molecule has 1 aromatic carbocycles. The van der Waals surface area contributed by atoms with E-state index in [-0.39, 0.29) is 23.8 Å². The molecule has 146 valence electrons. The molecule has 4 rings (SSSR count). The molecule has 0 bridgehead atoms. The van der Waals surface area contributed by atoms with E-state index in [0.29, 0.717) is 32.6 Å². The van der Waals surface area contributed by atoms with E-state index in [1.54, 1.807) is 17.3 Å². The highest BCUT2D eigenvalue weighted by Gasteiger charge is 2.41. The molecule has 0 aliphatic carbocycles. The van der Waals surface area contributed by atoms with Crippen molar-refractivity contribution in [2.24, 2.45) is 5.92 Å². The Kier molecular flexibility index (Phi) is 5.28. The summed E-state index contributed by atoms with van der Waals surface area (Å²) in [6.45, 7) is 4.27. The fraction of sp³-hybridized carbons (Fsp3) is 0.409. The highest BCUT2D eigenvalue weighted by atomic mass is 16.5. The summed E-state index contributed by atoms with van der Waals surface area (Å²) in [7, 11) is 0. The van der Waals surface area contributed by atoms with E-state index in [1.807, 2.05) is 35.2 Å². The molecular formula is C22H25N3O3. The number of likely N-dealkylation sites (tertiary alicyclic amines) is 2. The van der Waals surface area contributed by atoms with Crippen LogP contribution in [0.3, 0.4) is 0 Å². The Bertz CT molecular complexity index is 849. The lowest BCUT2D eigenvalue weighted by atomic mass is 10.0. The Balaban J connectivity index is 1.29. The Labute approximate surface area is 165 Å². The first-order valence-corrected chi connectivity index (χ1v) is 9.84. The Morgan fingerprint density at radius 1 is 1.18 bits per heavy atom. The van der Waals surface area contributed by atoms with Gasteiger partial charge in [-0.1, -0.05) is 31.2 Å². The highest BCUT2D eigenvalue weighted by Crippen LogP contribution is 2.27. The lowest BCUT2D eigenvalue weighted by molar-refractivity contribution is -0.144. The first-order chi connectivity index (χ1) is 13.6. The minimum absolute atomic E-state index is 0.0280. The quantitative estimate of drug-likeness (QED) is 0.773. The van der Waals surface area contributed by atoms with Crippen LogP contribution in [-0.2, 0) is 22.6 Å². The molecule has 0 spiro atoms. The topological polar surface area (TPSA) is 62.7 Å². The van der Waals surface area contributed by atoms with Gasteiger partial charge in [0.05, 0.1) is 19.0 Å². The highest BCUT2D eigenvalue weighted by molar-refractivity contribution is 5.89. The van der Waals surface area contributed by atoms with Gasteiger partial charge in [-0.3, -0.25) is 14.6 Å². The van der Waals surface area contributed by atoms with Crippen LogP contribution in [0.1, 0.15) is 24.5 Å². The molecule has 1 aromatic heterocycles. The smallest absolute Gasteiger partial charge is 0.228 e. The number of para-hydroxylation sites is 1. The van der Waals surface area contributed by atoms with Crippen molar-refractivity contribution in [2.75, 3.05) is 19.6 Å². The minimum Gasteiger partial charge on any atom is -0.486 e. The van der Waals surface area contributed by atoms with Gasteiger partial charge >= 0.3 is 0 Å². The van der Waals surface area contributed by atoms with Crippen LogP contribution < -0.4 is 4.74 Å². The van der Waals surface area contributed by atoms with Crippen LogP contribution in [-0.4, -0.2) is 52.3 Å². The number of rotatable bonds is 6. The molecule has 6 heteroatoms. The van der Waals surface area contributed by atoms with Crippen molar-refractivity contribution < 1.29 is 14.3 Å². The number of aromatic nitrogens is 1. The number of carbonyl (C=O) groups is 2. The molecule has 2 aliphatic rings. The summed E-state index contributed by atoms with van der Waals surface area (Å²) >= 11 is 0. The zero-order valence-electron chi connectivity index (χ0n) is 16.1. The summed E-state index contributed by atoms with van der Waals surface area (Å²) in [5.74, 6) is 0.743. The van der Waals surface area contributed by atoms with E-state index < -0.39 is 0 Å². The molecular weight excluding hydrogens is 354 g/mol. The Morgan fingerprint density at radius 2 is 2.00 bits per heavy atom. The van der Waals surface area contributed by atoms with Gasteiger partial charge in [-0.15, -0.1) is 0 Å². The maximum absolute atomic E-state index is 12.8. The normalized spacial score (nSPS) is 19.6.